The van der Waals surface area contributed by atoms with Gasteiger partial charge in [-0.25, -0.2) is 4.98 Å². The molecule has 27 heavy (non-hydrogen) atoms. The number of thiazole rings is 1. The minimum Gasteiger partial charge on any atom is -0.378 e. The van der Waals surface area contributed by atoms with Crippen LogP contribution in [0.4, 0.5) is 5.13 Å². The van der Waals surface area contributed by atoms with Gasteiger partial charge in [0.05, 0.1) is 19.8 Å². The summed E-state index contributed by atoms with van der Waals surface area (Å²) < 4.78 is 5.31. The van der Waals surface area contributed by atoms with Crippen LogP contribution in [0.1, 0.15) is 16.1 Å². The summed E-state index contributed by atoms with van der Waals surface area (Å²) in [6.45, 7) is 3.67. The van der Waals surface area contributed by atoms with Crippen molar-refractivity contribution in [1.29, 1.82) is 0 Å². The molecule has 2 aromatic rings. The first kappa shape index (κ1) is 19.3. The molecular formula is C18H23N5O3S. The number of carbonyl (C=O) groups excluding carboxylic acids is 2. The second kappa shape index (κ2) is 9.45. The third-order valence-corrected chi connectivity index (χ3v) is 4.93. The van der Waals surface area contributed by atoms with Gasteiger partial charge in [-0.05, 0) is 12.6 Å². The van der Waals surface area contributed by atoms with E-state index in [1.165, 1.54) is 11.3 Å². The van der Waals surface area contributed by atoms with Gasteiger partial charge >= 0.3 is 0 Å². The molecule has 0 unspecified atom stereocenters. The van der Waals surface area contributed by atoms with Gasteiger partial charge in [0.25, 0.3) is 11.8 Å². The van der Waals surface area contributed by atoms with Crippen LogP contribution in [-0.2, 0) is 16.1 Å². The van der Waals surface area contributed by atoms with E-state index in [-0.39, 0.29) is 12.5 Å². The van der Waals surface area contributed by atoms with Crippen molar-refractivity contribution in [2.45, 2.75) is 6.54 Å². The number of anilines is 1. The standard InChI is InChI=1S/C18H23N5O3S/c1-22(11-14-5-3-2-4-6-14)12-16(24)20-21-17(25)15-13-27-18(19-15)23-7-9-26-10-8-23/h2-6,13H,7-12H2,1H3,(H,20,24)(H,21,25). The predicted octanol–water partition coefficient (Wildman–Crippen LogP) is 0.873. The minimum absolute atomic E-state index is 0.172. The summed E-state index contributed by atoms with van der Waals surface area (Å²) >= 11 is 1.41. The highest BCUT2D eigenvalue weighted by molar-refractivity contribution is 7.13. The van der Waals surface area contributed by atoms with Crippen LogP contribution in [0.5, 0.6) is 0 Å². The van der Waals surface area contributed by atoms with Gasteiger partial charge in [-0.1, -0.05) is 30.3 Å². The Morgan fingerprint density at radius 2 is 1.96 bits per heavy atom. The number of hydrazine groups is 1. The molecule has 0 saturated carbocycles. The number of carbonyl (C=O) groups is 2. The maximum absolute atomic E-state index is 12.2. The fourth-order valence-electron chi connectivity index (χ4n) is 2.69. The number of nitrogens with zero attached hydrogens (tertiary/aromatic N) is 3. The fourth-order valence-corrected chi connectivity index (χ4v) is 3.55. The Morgan fingerprint density at radius 1 is 1.22 bits per heavy atom. The van der Waals surface area contributed by atoms with Crippen molar-refractivity contribution in [3.05, 3.63) is 47.0 Å². The van der Waals surface area contributed by atoms with Gasteiger partial charge in [-0.2, -0.15) is 0 Å². The van der Waals surface area contributed by atoms with Gasteiger partial charge in [-0.15, -0.1) is 11.3 Å². The molecule has 0 bridgehead atoms. The number of rotatable bonds is 6. The zero-order chi connectivity index (χ0) is 19.1. The molecular weight excluding hydrogens is 366 g/mol. The van der Waals surface area contributed by atoms with Crippen molar-refractivity contribution in [1.82, 2.24) is 20.7 Å². The summed E-state index contributed by atoms with van der Waals surface area (Å²) in [5, 5.41) is 2.48. The molecule has 1 aliphatic heterocycles. The number of morpholine rings is 1. The minimum atomic E-state index is -0.426. The average molecular weight is 389 g/mol. The molecule has 2 amide bonds. The average Bonchev–Trinajstić information content (AvgIpc) is 3.18. The third kappa shape index (κ3) is 5.75. The summed E-state index contributed by atoms with van der Waals surface area (Å²) in [7, 11) is 1.85. The number of hydrogen-bond donors (Lipinski definition) is 2. The third-order valence-electron chi connectivity index (χ3n) is 4.03. The molecule has 1 fully saturated rings. The number of amides is 2. The maximum Gasteiger partial charge on any atom is 0.289 e. The van der Waals surface area contributed by atoms with Crippen LogP contribution in [-0.4, -0.2) is 61.6 Å². The number of aromatic nitrogens is 1. The van der Waals surface area contributed by atoms with Crippen molar-refractivity contribution in [3.63, 3.8) is 0 Å². The second-order valence-electron chi connectivity index (χ2n) is 6.27. The molecule has 2 heterocycles. The Kier molecular flexibility index (Phi) is 6.74. The van der Waals surface area contributed by atoms with Crippen molar-refractivity contribution in [3.8, 4) is 0 Å². The molecule has 1 aromatic heterocycles. The van der Waals surface area contributed by atoms with Crippen LogP contribution in [0.3, 0.4) is 0 Å². The lowest BCUT2D eigenvalue weighted by atomic mass is 10.2. The quantitative estimate of drug-likeness (QED) is 0.713. The number of likely N-dealkylation sites (N-methyl/N-ethyl adjacent to an activating group) is 1. The smallest absolute Gasteiger partial charge is 0.289 e. The van der Waals surface area contributed by atoms with Crippen LogP contribution in [0.25, 0.3) is 0 Å². The van der Waals surface area contributed by atoms with E-state index in [9.17, 15) is 9.59 Å². The van der Waals surface area contributed by atoms with E-state index in [0.29, 0.717) is 25.5 Å². The van der Waals surface area contributed by atoms with Crippen LogP contribution < -0.4 is 15.8 Å². The molecule has 144 valence electrons. The lowest BCUT2D eigenvalue weighted by Gasteiger charge is -2.25. The van der Waals surface area contributed by atoms with Crippen LogP contribution >= 0.6 is 11.3 Å². The number of ether oxygens (including phenoxy) is 1. The normalized spacial score (nSPS) is 14.2. The summed E-state index contributed by atoms with van der Waals surface area (Å²) in [6, 6.07) is 9.88. The lowest BCUT2D eigenvalue weighted by Crippen LogP contribution is -2.45. The van der Waals surface area contributed by atoms with E-state index in [2.05, 4.69) is 20.7 Å². The maximum atomic E-state index is 12.2. The molecule has 8 nitrogen and oxygen atoms in total. The van der Waals surface area contributed by atoms with Gasteiger partial charge in [-0.3, -0.25) is 25.3 Å². The Bertz CT molecular complexity index is 761. The fraction of sp³-hybridized carbons (Fsp3) is 0.389. The van der Waals surface area contributed by atoms with Gasteiger partial charge in [0.1, 0.15) is 5.69 Å². The van der Waals surface area contributed by atoms with Crippen LogP contribution in [0, 0.1) is 0 Å². The largest absolute Gasteiger partial charge is 0.378 e. The zero-order valence-electron chi connectivity index (χ0n) is 15.2. The molecule has 0 atom stereocenters. The predicted molar refractivity (Wildman–Crippen MR) is 104 cm³/mol. The molecule has 2 N–H and O–H groups in total. The molecule has 0 aliphatic carbocycles. The molecule has 3 rings (SSSR count). The topological polar surface area (TPSA) is 86.8 Å². The SMILES string of the molecule is CN(CC(=O)NNC(=O)c1csc(N2CCOCC2)n1)Cc1ccccc1. The van der Waals surface area contributed by atoms with E-state index in [0.717, 1.165) is 23.8 Å². The monoisotopic (exact) mass is 389 g/mol. The number of benzene rings is 1. The van der Waals surface area contributed by atoms with E-state index in [1.807, 2.05) is 42.3 Å². The molecule has 0 spiro atoms. The molecule has 1 aromatic carbocycles. The first-order chi connectivity index (χ1) is 13.1. The first-order valence-corrected chi connectivity index (χ1v) is 9.59. The first-order valence-electron chi connectivity index (χ1n) is 8.71. The molecule has 9 heteroatoms. The van der Waals surface area contributed by atoms with E-state index < -0.39 is 5.91 Å². The Labute approximate surface area is 162 Å². The van der Waals surface area contributed by atoms with Gasteiger partial charge < -0.3 is 9.64 Å². The van der Waals surface area contributed by atoms with Gasteiger partial charge in [0, 0.05) is 25.0 Å². The molecule has 1 aliphatic rings. The van der Waals surface area contributed by atoms with E-state index in [1.54, 1.807) is 5.38 Å². The van der Waals surface area contributed by atoms with Crippen molar-refractivity contribution in [2.75, 3.05) is 44.8 Å². The second-order valence-corrected chi connectivity index (χ2v) is 7.11. The van der Waals surface area contributed by atoms with Gasteiger partial charge in [0.2, 0.25) is 0 Å². The van der Waals surface area contributed by atoms with Crippen LogP contribution in [0.2, 0.25) is 0 Å². The molecule has 0 radical (unpaired) electrons. The lowest BCUT2D eigenvalue weighted by molar-refractivity contribution is -0.122. The zero-order valence-corrected chi connectivity index (χ0v) is 16.0. The highest BCUT2D eigenvalue weighted by Gasteiger charge is 2.18. The van der Waals surface area contributed by atoms with Crippen molar-refractivity contribution >= 4 is 28.3 Å². The summed E-state index contributed by atoms with van der Waals surface area (Å²) in [5.74, 6) is -0.713. The summed E-state index contributed by atoms with van der Waals surface area (Å²) in [4.78, 5) is 32.5. The molecule has 1 saturated heterocycles. The Hall–Kier alpha value is -2.49. The highest BCUT2D eigenvalue weighted by Crippen LogP contribution is 2.21. The van der Waals surface area contributed by atoms with E-state index in [4.69, 9.17) is 4.74 Å². The van der Waals surface area contributed by atoms with Gasteiger partial charge in [0.15, 0.2) is 5.13 Å². The highest BCUT2D eigenvalue weighted by atomic mass is 32.1. The Morgan fingerprint density at radius 3 is 2.70 bits per heavy atom. The number of nitrogens with one attached hydrogen (secondary N) is 2. The number of hydrogen-bond acceptors (Lipinski definition) is 7. The van der Waals surface area contributed by atoms with E-state index >= 15 is 0 Å². The van der Waals surface area contributed by atoms with Crippen molar-refractivity contribution < 1.29 is 14.3 Å². The van der Waals surface area contributed by atoms with Crippen molar-refractivity contribution in [2.24, 2.45) is 0 Å². The Balaban J connectivity index is 1.43. The van der Waals surface area contributed by atoms with Crippen LogP contribution in [0.15, 0.2) is 35.7 Å². The summed E-state index contributed by atoms with van der Waals surface area (Å²) in [5.41, 5.74) is 6.27. The summed E-state index contributed by atoms with van der Waals surface area (Å²) in [6.07, 6.45) is 0.